The van der Waals surface area contributed by atoms with Gasteiger partial charge in [0.1, 0.15) is 24.3 Å². The highest BCUT2D eigenvalue weighted by Crippen LogP contribution is 2.08. The lowest BCUT2D eigenvalue weighted by molar-refractivity contribution is -0.486. The SMILES string of the molecule is CN1COCN(C(=O)/C=C/c2ccco2)/C1=N/[N+](=O)[O-]. The number of guanidine groups is 1. The van der Waals surface area contributed by atoms with Gasteiger partial charge in [-0.25, -0.2) is 15.0 Å². The van der Waals surface area contributed by atoms with Gasteiger partial charge in [0, 0.05) is 13.1 Å². The van der Waals surface area contributed by atoms with Crippen molar-refractivity contribution in [2.75, 3.05) is 20.5 Å². The predicted molar refractivity (Wildman–Crippen MR) is 67.6 cm³/mol. The molecule has 9 nitrogen and oxygen atoms in total. The minimum absolute atomic E-state index is 0.0738. The summed E-state index contributed by atoms with van der Waals surface area (Å²) in [6.45, 7) is 0.0245. The van der Waals surface area contributed by atoms with E-state index in [1.54, 1.807) is 12.1 Å². The Kier molecular flexibility index (Phi) is 4.11. The second-order valence-corrected chi connectivity index (χ2v) is 3.91. The van der Waals surface area contributed by atoms with Crippen LogP contribution >= 0.6 is 0 Å². The number of furan rings is 1. The van der Waals surface area contributed by atoms with Gasteiger partial charge < -0.3 is 14.1 Å². The van der Waals surface area contributed by atoms with Gasteiger partial charge in [0.15, 0.2) is 5.03 Å². The lowest BCUT2D eigenvalue weighted by Gasteiger charge is -2.32. The largest absolute Gasteiger partial charge is 0.465 e. The molecule has 1 aromatic heterocycles. The van der Waals surface area contributed by atoms with Crippen molar-refractivity contribution in [1.29, 1.82) is 0 Å². The minimum Gasteiger partial charge on any atom is -0.465 e. The topological polar surface area (TPSA) is 101 Å². The Bertz CT molecular complexity index is 551. The van der Waals surface area contributed by atoms with Gasteiger partial charge in [0.05, 0.1) is 6.26 Å². The Morgan fingerprint density at radius 3 is 3.00 bits per heavy atom. The van der Waals surface area contributed by atoms with Crippen LogP contribution in [0.25, 0.3) is 6.08 Å². The zero-order chi connectivity index (χ0) is 14.5. The Labute approximate surface area is 113 Å². The molecule has 0 atom stereocenters. The summed E-state index contributed by atoms with van der Waals surface area (Å²) in [4.78, 5) is 25.0. The van der Waals surface area contributed by atoms with Crippen molar-refractivity contribution in [3.63, 3.8) is 0 Å². The molecule has 2 heterocycles. The zero-order valence-corrected chi connectivity index (χ0v) is 10.6. The molecular weight excluding hydrogens is 268 g/mol. The molecule has 0 bridgehead atoms. The van der Waals surface area contributed by atoms with E-state index >= 15 is 0 Å². The van der Waals surface area contributed by atoms with Crippen LogP contribution in [0.2, 0.25) is 0 Å². The van der Waals surface area contributed by atoms with Crippen molar-refractivity contribution in [1.82, 2.24) is 9.80 Å². The summed E-state index contributed by atoms with van der Waals surface area (Å²) in [5.41, 5.74) is 0. The Balaban J connectivity index is 2.16. The summed E-state index contributed by atoms with van der Waals surface area (Å²) in [5, 5.41) is 12.8. The van der Waals surface area contributed by atoms with E-state index in [0.717, 1.165) is 4.90 Å². The smallest absolute Gasteiger partial charge is 0.284 e. The van der Waals surface area contributed by atoms with Crippen molar-refractivity contribution < 1.29 is 19.0 Å². The third kappa shape index (κ3) is 3.20. The fourth-order valence-corrected chi connectivity index (χ4v) is 1.59. The second-order valence-electron chi connectivity index (χ2n) is 3.91. The van der Waals surface area contributed by atoms with Gasteiger partial charge in [-0.1, -0.05) is 0 Å². The predicted octanol–water partition coefficient (Wildman–Crippen LogP) is 0.546. The first-order chi connectivity index (χ1) is 9.58. The first kappa shape index (κ1) is 13.7. The molecule has 0 unspecified atom stereocenters. The van der Waals surface area contributed by atoms with Crippen LogP contribution in [-0.2, 0) is 9.53 Å². The second kappa shape index (κ2) is 5.97. The number of carbonyl (C=O) groups is 1. The molecule has 1 aliphatic rings. The molecule has 1 aliphatic heterocycles. The third-order valence-corrected chi connectivity index (χ3v) is 2.46. The first-order valence-corrected chi connectivity index (χ1v) is 5.63. The van der Waals surface area contributed by atoms with Crippen LogP contribution in [0.4, 0.5) is 0 Å². The van der Waals surface area contributed by atoms with Gasteiger partial charge in [-0.3, -0.25) is 4.79 Å². The van der Waals surface area contributed by atoms with Crippen LogP contribution in [-0.4, -0.2) is 47.2 Å². The number of hydrogen-bond donors (Lipinski definition) is 0. The quantitative estimate of drug-likeness (QED) is 0.455. The van der Waals surface area contributed by atoms with Crippen molar-refractivity contribution in [3.05, 3.63) is 40.3 Å². The lowest BCUT2D eigenvalue weighted by Crippen LogP contribution is -2.52. The summed E-state index contributed by atoms with van der Waals surface area (Å²) in [6, 6.07) is 3.36. The number of nitro groups is 1. The maximum atomic E-state index is 12.0. The normalized spacial score (nSPS) is 17.9. The lowest BCUT2D eigenvalue weighted by atomic mass is 10.3. The monoisotopic (exact) mass is 280 g/mol. The van der Waals surface area contributed by atoms with E-state index < -0.39 is 10.9 Å². The molecule has 1 saturated heterocycles. The fourth-order valence-electron chi connectivity index (χ4n) is 1.59. The van der Waals surface area contributed by atoms with Crippen molar-refractivity contribution >= 4 is 17.9 Å². The highest BCUT2D eigenvalue weighted by molar-refractivity contribution is 6.03. The standard InChI is InChI=1S/C11H12N4O5/c1-13-7-19-8-14(11(13)12-15(17)18)10(16)5-4-9-3-2-6-20-9/h2-6H,7-8H2,1H3/b5-4+,12-11+. The number of rotatable bonds is 3. The maximum Gasteiger partial charge on any atom is 0.284 e. The van der Waals surface area contributed by atoms with E-state index in [1.807, 2.05) is 0 Å². The summed E-state index contributed by atoms with van der Waals surface area (Å²) in [6.07, 6.45) is 4.17. The van der Waals surface area contributed by atoms with Crippen molar-refractivity contribution in [2.45, 2.75) is 0 Å². The van der Waals surface area contributed by atoms with E-state index in [2.05, 4.69) is 5.10 Å². The van der Waals surface area contributed by atoms with Crippen LogP contribution in [0.5, 0.6) is 0 Å². The van der Waals surface area contributed by atoms with Crippen LogP contribution < -0.4 is 0 Å². The van der Waals surface area contributed by atoms with Crippen LogP contribution in [0.15, 0.2) is 34.0 Å². The van der Waals surface area contributed by atoms with Gasteiger partial charge in [0.25, 0.3) is 11.9 Å². The van der Waals surface area contributed by atoms with Gasteiger partial charge in [-0.15, -0.1) is 0 Å². The summed E-state index contributed by atoms with van der Waals surface area (Å²) >= 11 is 0. The maximum absolute atomic E-state index is 12.0. The number of ether oxygens (including phenoxy) is 1. The average Bonchev–Trinajstić information content (AvgIpc) is 2.91. The Morgan fingerprint density at radius 2 is 2.35 bits per heavy atom. The average molecular weight is 280 g/mol. The number of carbonyl (C=O) groups excluding carboxylic acids is 1. The van der Waals surface area contributed by atoms with E-state index in [9.17, 15) is 14.9 Å². The zero-order valence-electron chi connectivity index (χ0n) is 10.6. The van der Waals surface area contributed by atoms with Gasteiger partial charge in [-0.05, 0) is 18.2 Å². The molecule has 0 aromatic carbocycles. The van der Waals surface area contributed by atoms with Crippen LogP contribution in [0, 0.1) is 10.1 Å². The number of hydrazone groups is 1. The number of nitrogens with zero attached hydrogens (tertiary/aromatic N) is 4. The number of hydrogen-bond acceptors (Lipinski definition) is 5. The summed E-state index contributed by atoms with van der Waals surface area (Å²) < 4.78 is 10.2. The van der Waals surface area contributed by atoms with E-state index in [1.165, 1.54) is 30.4 Å². The molecule has 20 heavy (non-hydrogen) atoms. The first-order valence-electron chi connectivity index (χ1n) is 5.63. The minimum atomic E-state index is -0.853. The van der Waals surface area contributed by atoms with E-state index in [4.69, 9.17) is 9.15 Å². The van der Waals surface area contributed by atoms with Crippen molar-refractivity contribution in [2.24, 2.45) is 5.10 Å². The Morgan fingerprint density at radius 1 is 1.55 bits per heavy atom. The molecule has 9 heteroatoms. The fraction of sp³-hybridized carbons (Fsp3) is 0.273. The molecule has 0 N–H and O–H groups in total. The van der Waals surface area contributed by atoms with Gasteiger partial charge in [-0.2, -0.15) is 0 Å². The molecule has 2 rings (SSSR count). The van der Waals surface area contributed by atoms with E-state index in [0.29, 0.717) is 5.76 Å². The highest BCUT2D eigenvalue weighted by Gasteiger charge is 2.28. The van der Waals surface area contributed by atoms with Crippen molar-refractivity contribution in [3.8, 4) is 0 Å². The van der Waals surface area contributed by atoms with Crippen LogP contribution in [0.1, 0.15) is 5.76 Å². The highest BCUT2D eigenvalue weighted by atomic mass is 16.7. The molecule has 1 amide bonds. The molecule has 1 aromatic rings. The molecular formula is C11H12N4O5. The molecule has 0 saturated carbocycles. The summed E-state index contributed by atoms with van der Waals surface area (Å²) in [5.74, 6) is -0.0682. The van der Waals surface area contributed by atoms with E-state index in [-0.39, 0.29) is 19.4 Å². The summed E-state index contributed by atoms with van der Waals surface area (Å²) in [7, 11) is 1.54. The molecule has 1 fully saturated rings. The van der Waals surface area contributed by atoms with Crippen LogP contribution in [0.3, 0.4) is 0 Å². The molecule has 0 radical (unpaired) electrons. The molecule has 106 valence electrons. The molecule has 0 aliphatic carbocycles. The van der Waals surface area contributed by atoms with Gasteiger partial charge in [0.2, 0.25) is 0 Å². The Hall–Kier alpha value is -2.68. The van der Waals surface area contributed by atoms with Gasteiger partial charge >= 0.3 is 0 Å². The molecule has 0 spiro atoms. The third-order valence-electron chi connectivity index (χ3n) is 2.46. The number of amides is 1.